The van der Waals surface area contributed by atoms with Crippen molar-refractivity contribution in [2.45, 2.75) is 53.0 Å². The Morgan fingerprint density at radius 3 is 2.21 bits per heavy atom. The van der Waals surface area contributed by atoms with Crippen molar-refractivity contribution in [2.75, 3.05) is 13.1 Å². The Hall–Kier alpha value is -1.10. The van der Waals surface area contributed by atoms with Crippen LogP contribution in [-0.2, 0) is 9.59 Å². The van der Waals surface area contributed by atoms with E-state index in [0.717, 1.165) is 19.3 Å². The van der Waals surface area contributed by atoms with Crippen LogP contribution in [0, 0.1) is 11.8 Å². The lowest BCUT2D eigenvalue weighted by Gasteiger charge is -2.13. The number of hydrogen-bond acceptors (Lipinski definition) is 3. The molecule has 0 aliphatic rings. The van der Waals surface area contributed by atoms with Crippen LogP contribution >= 0.6 is 0 Å². The van der Waals surface area contributed by atoms with E-state index in [2.05, 4.69) is 10.6 Å². The summed E-state index contributed by atoms with van der Waals surface area (Å²) in [5, 5.41) is 5.43. The summed E-state index contributed by atoms with van der Waals surface area (Å²) in [6.07, 6.45) is 2.67. The van der Waals surface area contributed by atoms with Crippen LogP contribution < -0.4 is 16.4 Å². The van der Waals surface area contributed by atoms with Crippen molar-refractivity contribution in [3.05, 3.63) is 0 Å². The Kier molecular flexibility index (Phi) is 9.21. The van der Waals surface area contributed by atoms with Gasteiger partial charge in [0.05, 0.1) is 6.54 Å². The summed E-state index contributed by atoms with van der Waals surface area (Å²) in [6.45, 7) is 8.59. The highest BCUT2D eigenvalue weighted by molar-refractivity contribution is 5.85. The Bertz CT molecular complexity index is 278. The highest BCUT2D eigenvalue weighted by Gasteiger charge is 2.13. The van der Waals surface area contributed by atoms with E-state index in [4.69, 9.17) is 5.73 Å². The van der Waals surface area contributed by atoms with Gasteiger partial charge in [-0.15, -0.1) is 0 Å². The van der Waals surface area contributed by atoms with Gasteiger partial charge in [-0.25, -0.2) is 0 Å². The highest BCUT2D eigenvalue weighted by atomic mass is 16.2. The van der Waals surface area contributed by atoms with E-state index >= 15 is 0 Å². The quantitative estimate of drug-likeness (QED) is 0.585. The standard InChI is InChI=1S/C14H29N3O2/c1-10(2)8-16-13(18)9-17-14(19)11(3)6-5-7-12(4)15/h10-12H,5-9,15H2,1-4H3,(H,16,18)(H,17,19). The van der Waals surface area contributed by atoms with E-state index in [0.29, 0.717) is 12.5 Å². The van der Waals surface area contributed by atoms with Crippen LogP contribution in [0.15, 0.2) is 0 Å². The van der Waals surface area contributed by atoms with Gasteiger partial charge in [-0.05, 0) is 25.7 Å². The van der Waals surface area contributed by atoms with E-state index in [9.17, 15) is 9.59 Å². The maximum atomic E-state index is 11.7. The third-order valence-electron chi connectivity index (χ3n) is 2.87. The van der Waals surface area contributed by atoms with Gasteiger partial charge in [-0.3, -0.25) is 9.59 Å². The summed E-state index contributed by atoms with van der Waals surface area (Å²) in [4.78, 5) is 23.2. The van der Waals surface area contributed by atoms with Crippen molar-refractivity contribution < 1.29 is 9.59 Å². The van der Waals surface area contributed by atoms with Gasteiger partial charge in [-0.1, -0.05) is 27.2 Å². The number of amides is 2. The summed E-state index contributed by atoms with van der Waals surface area (Å²) in [5.41, 5.74) is 5.66. The predicted molar refractivity (Wildman–Crippen MR) is 77.5 cm³/mol. The molecule has 2 unspecified atom stereocenters. The minimum Gasteiger partial charge on any atom is -0.354 e. The molecular weight excluding hydrogens is 242 g/mol. The minimum atomic E-state index is -0.134. The molecule has 0 aromatic carbocycles. The zero-order valence-electron chi connectivity index (χ0n) is 12.7. The van der Waals surface area contributed by atoms with E-state index in [1.165, 1.54) is 0 Å². The molecule has 5 heteroatoms. The maximum absolute atomic E-state index is 11.7. The smallest absolute Gasteiger partial charge is 0.239 e. The SMILES string of the molecule is CC(C)CNC(=O)CNC(=O)C(C)CCCC(C)N. The molecule has 0 aromatic heterocycles. The number of carbonyl (C=O) groups excluding carboxylic acids is 2. The molecule has 0 radical (unpaired) electrons. The third-order valence-corrected chi connectivity index (χ3v) is 2.87. The van der Waals surface area contributed by atoms with Crippen molar-refractivity contribution in [3.63, 3.8) is 0 Å². The summed E-state index contributed by atoms with van der Waals surface area (Å²) in [7, 11) is 0. The first-order valence-corrected chi connectivity index (χ1v) is 7.13. The molecule has 2 amide bonds. The fourth-order valence-corrected chi connectivity index (χ4v) is 1.60. The molecule has 0 aliphatic heterocycles. The molecule has 0 spiro atoms. The molecular formula is C14H29N3O2. The molecule has 0 bridgehead atoms. The molecule has 0 saturated heterocycles. The largest absolute Gasteiger partial charge is 0.354 e. The molecule has 112 valence electrons. The Labute approximate surface area is 116 Å². The maximum Gasteiger partial charge on any atom is 0.239 e. The molecule has 2 atom stereocenters. The number of nitrogens with two attached hydrogens (primary N) is 1. The summed E-state index contributed by atoms with van der Waals surface area (Å²) >= 11 is 0. The Morgan fingerprint density at radius 1 is 1.05 bits per heavy atom. The van der Waals surface area contributed by atoms with Gasteiger partial charge in [-0.2, -0.15) is 0 Å². The lowest BCUT2D eigenvalue weighted by Crippen LogP contribution is -2.40. The van der Waals surface area contributed by atoms with Crippen LogP contribution in [0.5, 0.6) is 0 Å². The first kappa shape index (κ1) is 17.9. The van der Waals surface area contributed by atoms with Crippen molar-refractivity contribution >= 4 is 11.8 Å². The Morgan fingerprint density at radius 2 is 1.68 bits per heavy atom. The zero-order valence-corrected chi connectivity index (χ0v) is 12.7. The normalized spacial score (nSPS) is 14.0. The number of nitrogens with one attached hydrogen (secondary N) is 2. The van der Waals surface area contributed by atoms with Crippen molar-refractivity contribution in [1.82, 2.24) is 10.6 Å². The summed E-state index contributed by atoms with van der Waals surface area (Å²) in [5.74, 6) is 0.141. The first-order chi connectivity index (χ1) is 8.82. The van der Waals surface area contributed by atoms with E-state index < -0.39 is 0 Å². The van der Waals surface area contributed by atoms with Gasteiger partial charge < -0.3 is 16.4 Å². The van der Waals surface area contributed by atoms with Crippen LogP contribution in [0.25, 0.3) is 0 Å². The number of carbonyl (C=O) groups is 2. The van der Waals surface area contributed by atoms with Gasteiger partial charge >= 0.3 is 0 Å². The first-order valence-electron chi connectivity index (χ1n) is 7.13. The lowest BCUT2D eigenvalue weighted by atomic mass is 10.0. The topological polar surface area (TPSA) is 84.2 Å². The average molecular weight is 271 g/mol. The van der Waals surface area contributed by atoms with E-state index in [1.807, 2.05) is 27.7 Å². The number of hydrogen-bond donors (Lipinski definition) is 3. The van der Waals surface area contributed by atoms with Gasteiger partial charge in [0.1, 0.15) is 0 Å². The van der Waals surface area contributed by atoms with Gasteiger partial charge in [0.2, 0.25) is 11.8 Å². The lowest BCUT2D eigenvalue weighted by molar-refractivity contribution is -0.128. The molecule has 0 fully saturated rings. The van der Waals surface area contributed by atoms with E-state index in [1.54, 1.807) is 0 Å². The van der Waals surface area contributed by atoms with Crippen LogP contribution in [0.4, 0.5) is 0 Å². The molecule has 0 saturated carbocycles. The molecule has 19 heavy (non-hydrogen) atoms. The van der Waals surface area contributed by atoms with Gasteiger partial charge in [0.25, 0.3) is 0 Å². The predicted octanol–water partition coefficient (Wildman–Crippen LogP) is 1.03. The molecule has 0 aromatic rings. The third kappa shape index (κ3) is 10.5. The second kappa shape index (κ2) is 9.78. The van der Waals surface area contributed by atoms with Gasteiger partial charge in [0.15, 0.2) is 0 Å². The van der Waals surface area contributed by atoms with Crippen molar-refractivity contribution in [1.29, 1.82) is 0 Å². The molecule has 0 heterocycles. The van der Waals surface area contributed by atoms with E-state index in [-0.39, 0.29) is 30.3 Å². The van der Waals surface area contributed by atoms with Crippen molar-refractivity contribution in [3.8, 4) is 0 Å². The monoisotopic (exact) mass is 271 g/mol. The highest BCUT2D eigenvalue weighted by Crippen LogP contribution is 2.08. The molecule has 4 N–H and O–H groups in total. The molecule has 0 rings (SSSR count). The second-order valence-electron chi connectivity index (χ2n) is 5.72. The molecule has 5 nitrogen and oxygen atoms in total. The number of rotatable bonds is 9. The average Bonchev–Trinajstić information content (AvgIpc) is 2.32. The van der Waals surface area contributed by atoms with Gasteiger partial charge in [0, 0.05) is 18.5 Å². The fraction of sp³-hybridized carbons (Fsp3) is 0.857. The minimum absolute atomic E-state index is 0.0587. The molecule has 0 aliphatic carbocycles. The van der Waals surface area contributed by atoms with Crippen LogP contribution in [0.3, 0.4) is 0 Å². The van der Waals surface area contributed by atoms with Crippen LogP contribution in [0.1, 0.15) is 47.0 Å². The Balaban J connectivity index is 3.75. The van der Waals surface area contributed by atoms with Crippen molar-refractivity contribution in [2.24, 2.45) is 17.6 Å². The van der Waals surface area contributed by atoms with Crippen LogP contribution in [-0.4, -0.2) is 30.9 Å². The summed E-state index contributed by atoms with van der Waals surface area (Å²) < 4.78 is 0. The second-order valence-corrected chi connectivity index (χ2v) is 5.72. The summed E-state index contributed by atoms with van der Waals surface area (Å²) in [6, 6.07) is 0.178. The fourth-order valence-electron chi connectivity index (χ4n) is 1.60. The zero-order chi connectivity index (χ0) is 14.8. The van der Waals surface area contributed by atoms with Crippen LogP contribution in [0.2, 0.25) is 0 Å².